The summed E-state index contributed by atoms with van der Waals surface area (Å²) in [5, 5.41) is 6.01. The molecule has 0 saturated carbocycles. The number of nitrogens with zero attached hydrogens (tertiary/aromatic N) is 3. The van der Waals surface area contributed by atoms with Crippen LogP contribution in [0.2, 0.25) is 0 Å². The van der Waals surface area contributed by atoms with Crippen molar-refractivity contribution in [2.24, 2.45) is 0 Å². The lowest BCUT2D eigenvalue weighted by Crippen LogP contribution is -2.31. The molecule has 0 atom stereocenters. The third kappa shape index (κ3) is 4.04. The van der Waals surface area contributed by atoms with E-state index in [1.807, 2.05) is 67.6 Å². The van der Waals surface area contributed by atoms with Gasteiger partial charge >= 0.3 is 0 Å². The molecule has 0 bridgehead atoms. The number of benzene rings is 2. The van der Waals surface area contributed by atoms with Gasteiger partial charge in [-0.3, -0.25) is 4.79 Å². The minimum absolute atomic E-state index is 0.0760. The van der Waals surface area contributed by atoms with Gasteiger partial charge in [-0.25, -0.2) is 9.97 Å². The normalized spacial score (nSPS) is 10.9. The number of anilines is 2. The van der Waals surface area contributed by atoms with Crippen molar-refractivity contribution in [1.82, 2.24) is 9.97 Å². The first kappa shape index (κ1) is 20.0. The summed E-state index contributed by atoms with van der Waals surface area (Å²) < 4.78 is 0. The van der Waals surface area contributed by atoms with Gasteiger partial charge < -0.3 is 10.2 Å². The van der Waals surface area contributed by atoms with E-state index < -0.39 is 0 Å². The van der Waals surface area contributed by atoms with Gasteiger partial charge in [0.05, 0.1) is 16.9 Å². The lowest BCUT2D eigenvalue weighted by molar-refractivity contribution is -0.114. The van der Waals surface area contributed by atoms with Gasteiger partial charge in [0.25, 0.3) is 0 Å². The summed E-state index contributed by atoms with van der Waals surface area (Å²) in [7, 11) is 1.89. The van der Waals surface area contributed by atoms with E-state index in [1.54, 1.807) is 11.3 Å². The molecule has 4 aromatic rings. The number of carbonyl (C=O) groups is 1. The van der Waals surface area contributed by atoms with Crippen molar-refractivity contribution in [3.63, 3.8) is 0 Å². The molecule has 0 spiro atoms. The Morgan fingerprint density at radius 1 is 1.03 bits per heavy atom. The fourth-order valence-corrected chi connectivity index (χ4v) is 4.37. The molecule has 152 valence electrons. The molecule has 0 radical (unpaired) electrons. The topological polar surface area (TPSA) is 58.1 Å². The maximum atomic E-state index is 12.8. The molecule has 6 heteroatoms. The van der Waals surface area contributed by atoms with Gasteiger partial charge in [0, 0.05) is 18.1 Å². The van der Waals surface area contributed by atoms with Crippen molar-refractivity contribution < 1.29 is 4.79 Å². The van der Waals surface area contributed by atoms with Crippen LogP contribution in [0.5, 0.6) is 0 Å². The highest BCUT2D eigenvalue weighted by Gasteiger charge is 2.16. The highest BCUT2D eigenvalue weighted by Crippen LogP contribution is 2.29. The maximum Gasteiger partial charge on any atom is 0.243 e. The Morgan fingerprint density at radius 3 is 2.47 bits per heavy atom. The second kappa shape index (κ2) is 8.24. The molecule has 1 amide bonds. The summed E-state index contributed by atoms with van der Waals surface area (Å²) in [5.41, 5.74) is 5.06. The first-order valence-electron chi connectivity index (χ1n) is 9.82. The number of rotatable bonds is 5. The Balaban J connectivity index is 1.63. The zero-order chi connectivity index (χ0) is 21.3. The number of aromatic nitrogens is 2. The van der Waals surface area contributed by atoms with E-state index in [4.69, 9.17) is 9.97 Å². The van der Waals surface area contributed by atoms with Crippen molar-refractivity contribution in [2.75, 3.05) is 23.8 Å². The minimum atomic E-state index is -0.0760. The number of fused-ring (bicyclic) bond motifs is 1. The standard InChI is InChI=1S/C24H24N4OS/c1-15-12-16(2)22(17(3)13-15)26-21(29)14-28(4)24-18-8-5-6-9-19(18)25-23(27-24)20-10-7-11-30-20/h5-13H,14H2,1-4H3,(H,26,29). The van der Waals surface area contributed by atoms with E-state index >= 15 is 0 Å². The van der Waals surface area contributed by atoms with Crippen molar-refractivity contribution in [2.45, 2.75) is 20.8 Å². The zero-order valence-electron chi connectivity index (χ0n) is 17.6. The van der Waals surface area contributed by atoms with E-state index in [-0.39, 0.29) is 12.5 Å². The zero-order valence-corrected chi connectivity index (χ0v) is 18.4. The van der Waals surface area contributed by atoms with E-state index in [9.17, 15) is 4.79 Å². The number of para-hydroxylation sites is 1. The summed E-state index contributed by atoms with van der Waals surface area (Å²) in [6.45, 7) is 6.29. The number of amides is 1. The fourth-order valence-electron chi connectivity index (χ4n) is 3.71. The molecular formula is C24H24N4OS. The Kier molecular flexibility index (Phi) is 5.50. The van der Waals surface area contributed by atoms with Crippen molar-refractivity contribution in [3.8, 4) is 10.7 Å². The third-order valence-electron chi connectivity index (χ3n) is 5.01. The fraction of sp³-hybridized carbons (Fsp3) is 0.208. The van der Waals surface area contributed by atoms with Crippen LogP contribution in [0.4, 0.5) is 11.5 Å². The Morgan fingerprint density at radius 2 is 1.77 bits per heavy atom. The van der Waals surface area contributed by atoms with Crippen LogP contribution in [0.1, 0.15) is 16.7 Å². The summed E-state index contributed by atoms with van der Waals surface area (Å²) >= 11 is 1.60. The van der Waals surface area contributed by atoms with Crippen LogP contribution in [-0.2, 0) is 4.79 Å². The van der Waals surface area contributed by atoms with Crippen molar-refractivity contribution in [3.05, 3.63) is 70.6 Å². The van der Waals surface area contributed by atoms with Crippen LogP contribution >= 0.6 is 11.3 Å². The van der Waals surface area contributed by atoms with E-state index in [1.165, 1.54) is 5.56 Å². The molecule has 0 unspecified atom stereocenters. The van der Waals surface area contributed by atoms with Gasteiger partial charge in [-0.1, -0.05) is 35.9 Å². The maximum absolute atomic E-state index is 12.8. The van der Waals surface area contributed by atoms with Crippen LogP contribution in [0, 0.1) is 20.8 Å². The van der Waals surface area contributed by atoms with Gasteiger partial charge in [-0.05, 0) is 55.5 Å². The van der Waals surface area contributed by atoms with E-state index in [0.29, 0.717) is 5.82 Å². The van der Waals surface area contributed by atoms with Gasteiger partial charge in [-0.15, -0.1) is 11.3 Å². The van der Waals surface area contributed by atoms with Crippen LogP contribution in [-0.4, -0.2) is 29.5 Å². The number of hydrogen-bond donors (Lipinski definition) is 1. The Bertz CT molecular complexity index is 1190. The first-order valence-corrected chi connectivity index (χ1v) is 10.7. The quantitative estimate of drug-likeness (QED) is 0.476. The van der Waals surface area contributed by atoms with Crippen LogP contribution in [0.25, 0.3) is 21.6 Å². The summed E-state index contributed by atoms with van der Waals surface area (Å²) in [6.07, 6.45) is 0. The highest BCUT2D eigenvalue weighted by molar-refractivity contribution is 7.13. The lowest BCUT2D eigenvalue weighted by Gasteiger charge is -2.21. The first-order chi connectivity index (χ1) is 14.4. The number of aryl methyl sites for hydroxylation is 3. The predicted octanol–water partition coefficient (Wildman–Crippen LogP) is 5.36. The second-order valence-electron chi connectivity index (χ2n) is 7.54. The molecule has 30 heavy (non-hydrogen) atoms. The molecule has 4 rings (SSSR count). The number of thiophene rings is 1. The number of carbonyl (C=O) groups excluding carboxylic acids is 1. The number of likely N-dealkylation sites (N-methyl/N-ethyl adjacent to an activating group) is 1. The van der Waals surface area contributed by atoms with E-state index in [2.05, 4.69) is 24.4 Å². The van der Waals surface area contributed by atoms with E-state index in [0.717, 1.165) is 38.4 Å². The monoisotopic (exact) mass is 416 g/mol. The molecule has 0 saturated heterocycles. The average Bonchev–Trinajstić information content (AvgIpc) is 3.24. The highest BCUT2D eigenvalue weighted by atomic mass is 32.1. The molecule has 2 aromatic heterocycles. The third-order valence-corrected chi connectivity index (χ3v) is 5.87. The van der Waals surface area contributed by atoms with Crippen molar-refractivity contribution in [1.29, 1.82) is 0 Å². The largest absolute Gasteiger partial charge is 0.350 e. The molecular weight excluding hydrogens is 392 g/mol. The van der Waals surface area contributed by atoms with Crippen LogP contribution < -0.4 is 10.2 Å². The van der Waals surface area contributed by atoms with Crippen LogP contribution in [0.15, 0.2) is 53.9 Å². The molecule has 1 N–H and O–H groups in total. The molecule has 0 aliphatic heterocycles. The van der Waals surface area contributed by atoms with Gasteiger partial charge in [0.1, 0.15) is 5.82 Å². The lowest BCUT2D eigenvalue weighted by atomic mass is 10.1. The molecule has 0 aliphatic carbocycles. The average molecular weight is 417 g/mol. The molecule has 5 nitrogen and oxygen atoms in total. The Labute approximate surface area is 180 Å². The summed E-state index contributed by atoms with van der Waals surface area (Å²) in [5.74, 6) is 1.35. The minimum Gasteiger partial charge on any atom is -0.350 e. The van der Waals surface area contributed by atoms with Crippen LogP contribution in [0.3, 0.4) is 0 Å². The second-order valence-corrected chi connectivity index (χ2v) is 8.49. The van der Waals surface area contributed by atoms with Crippen molar-refractivity contribution >= 4 is 39.7 Å². The summed E-state index contributed by atoms with van der Waals surface area (Å²) in [6, 6.07) is 16.1. The molecule has 0 aliphatic rings. The molecule has 0 fully saturated rings. The summed E-state index contributed by atoms with van der Waals surface area (Å²) in [4.78, 5) is 25.2. The molecule has 2 heterocycles. The SMILES string of the molecule is Cc1cc(C)c(NC(=O)CN(C)c2nc(-c3cccs3)nc3ccccc23)c(C)c1. The number of hydrogen-bond acceptors (Lipinski definition) is 5. The molecule has 2 aromatic carbocycles. The Hall–Kier alpha value is -3.25. The van der Waals surface area contributed by atoms with Gasteiger partial charge in [0.2, 0.25) is 5.91 Å². The smallest absolute Gasteiger partial charge is 0.243 e. The van der Waals surface area contributed by atoms with Gasteiger partial charge in [-0.2, -0.15) is 0 Å². The number of nitrogens with one attached hydrogen (secondary N) is 1. The predicted molar refractivity (Wildman–Crippen MR) is 125 cm³/mol. The van der Waals surface area contributed by atoms with Gasteiger partial charge in [0.15, 0.2) is 5.82 Å².